The van der Waals surface area contributed by atoms with E-state index in [4.69, 9.17) is 5.73 Å². The fraction of sp³-hybridized carbons (Fsp3) is 0.538. The van der Waals surface area contributed by atoms with Crippen molar-refractivity contribution >= 4 is 5.91 Å². The molecule has 0 aliphatic rings. The van der Waals surface area contributed by atoms with E-state index in [2.05, 4.69) is 11.9 Å². The molecule has 0 spiro atoms. The van der Waals surface area contributed by atoms with Gasteiger partial charge in [-0.2, -0.15) is 0 Å². The fourth-order valence-corrected chi connectivity index (χ4v) is 1.64. The number of unbranched alkanes of at least 4 members (excludes halogenated alkanes) is 1. The molecular weight excluding hydrogens is 214 g/mol. The average Bonchev–Trinajstić information content (AvgIpc) is 2.33. The Labute approximate surface area is 103 Å². The molecule has 1 rings (SSSR count). The van der Waals surface area contributed by atoms with Gasteiger partial charge < -0.3 is 10.6 Å². The van der Waals surface area contributed by atoms with Crippen LogP contribution in [0.2, 0.25) is 0 Å². The lowest BCUT2D eigenvalue weighted by Crippen LogP contribution is -2.36. The first kappa shape index (κ1) is 13.6. The van der Waals surface area contributed by atoms with Crippen molar-refractivity contribution in [3.05, 3.63) is 29.6 Å². The molecule has 17 heavy (non-hydrogen) atoms. The maximum absolute atomic E-state index is 12.2. The second-order valence-electron chi connectivity index (χ2n) is 4.10. The number of pyridine rings is 1. The number of aryl methyl sites for hydroxylation is 1. The third kappa shape index (κ3) is 4.15. The predicted octanol–water partition coefficient (Wildman–Crippen LogP) is 1.59. The summed E-state index contributed by atoms with van der Waals surface area (Å²) in [6.45, 7) is 5.82. The number of carbonyl (C=O) groups is 1. The van der Waals surface area contributed by atoms with Gasteiger partial charge in [-0.3, -0.25) is 4.79 Å². The Morgan fingerprint density at radius 1 is 1.41 bits per heavy atom. The molecule has 0 saturated carbocycles. The van der Waals surface area contributed by atoms with Gasteiger partial charge in [-0.05, 0) is 25.5 Å². The van der Waals surface area contributed by atoms with Crippen molar-refractivity contribution in [1.29, 1.82) is 0 Å². The molecule has 0 unspecified atom stereocenters. The number of hydrogen-bond donors (Lipinski definition) is 1. The minimum absolute atomic E-state index is 0.0207. The summed E-state index contributed by atoms with van der Waals surface area (Å²) in [4.78, 5) is 18.2. The summed E-state index contributed by atoms with van der Waals surface area (Å²) in [7, 11) is 0. The van der Waals surface area contributed by atoms with Gasteiger partial charge >= 0.3 is 0 Å². The van der Waals surface area contributed by atoms with E-state index in [0.717, 1.165) is 25.1 Å². The fourth-order valence-electron chi connectivity index (χ4n) is 1.64. The Bertz CT molecular complexity index is 365. The van der Waals surface area contributed by atoms with Gasteiger partial charge in [-0.1, -0.05) is 19.4 Å². The van der Waals surface area contributed by atoms with E-state index in [1.54, 1.807) is 11.0 Å². The van der Waals surface area contributed by atoms with Crippen molar-refractivity contribution in [3.8, 4) is 0 Å². The van der Waals surface area contributed by atoms with E-state index in [9.17, 15) is 4.79 Å². The first-order valence-electron chi connectivity index (χ1n) is 6.12. The van der Waals surface area contributed by atoms with Crippen LogP contribution in [0.25, 0.3) is 0 Å². The average molecular weight is 235 g/mol. The monoisotopic (exact) mass is 235 g/mol. The normalized spacial score (nSPS) is 10.3. The molecule has 1 aromatic rings. The molecule has 0 atom stereocenters. The van der Waals surface area contributed by atoms with Crippen LogP contribution in [-0.4, -0.2) is 35.4 Å². The number of hydrogen-bond acceptors (Lipinski definition) is 3. The molecule has 0 fully saturated rings. The largest absolute Gasteiger partial charge is 0.336 e. The maximum Gasteiger partial charge on any atom is 0.272 e. The Morgan fingerprint density at radius 3 is 2.76 bits per heavy atom. The van der Waals surface area contributed by atoms with Crippen LogP contribution in [0.5, 0.6) is 0 Å². The molecule has 0 bridgehead atoms. The summed E-state index contributed by atoms with van der Waals surface area (Å²) in [5.41, 5.74) is 6.90. The lowest BCUT2D eigenvalue weighted by atomic mass is 10.2. The molecule has 0 aliphatic carbocycles. The molecule has 2 N–H and O–H groups in total. The maximum atomic E-state index is 12.2. The first-order chi connectivity index (χ1) is 8.19. The van der Waals surface area contributed by atoms with E-state index in [1.165, 1.54) is 0 Å². The van der Waals surface area contributed by atoms with Crippen molar-refractivity contribution in [2.45, 2.75) is 26.7 Å². The van der Waals surface area contributed by atoms with E-state index >= 15 is 0 Å². The molecular formula is C13H21N3O. The van der Waals surface area contributed by atoms with Crippen molar-refractivity contribution in [1.82, 2.24) is 9.88 Å². The van der Waals surface area contributed by atoms with Gasteiger partial charge in [0.05, 0.1) is 0 Å². The van der Waals surface area contributed by atoms with Gasteiger partial charge in [0, 0.05) is 25.3 Å². The molecule has 1 amide bonds. The highest BCUT2D eigenvalue weighted by atomic mass is 16.2. The SMILES string of the molecule is CCCCN(CCN)C(=O)c1cccc(C)n1. The molecule has 0 aliphatic heterocycles. The van der Waals surface area contributed by atoms with Gasteiger partial charge in [0.15, 0.2) is 0 Å². The number of aromatic nitrogens is 1. The zero-order valence-electron chi connectivity index (χ0n) is 10.6. The van der Waals surface area contributed by atoms with Crippen LogP contribution in [0.3, 0.4) is 0 Å². The molecule has 4 heteroatoms. The quantitative estimate of drug-likeness (QED) is 0.814. The molecule has 94 valence electrons. The smallest absolute Gasteiger partial charge is 0.272 e. The molecule has 0 saturated heterocycles. The van der Waals surface area contributed by atoms with Gasteiger partial charge in [-0.25, -0.2) is 4.98 Å². The minimum atomic E-state index is -0.0207. The number of amides is 1. The molecule has 0 radical (unpaired) electrons. The summed E-state index contributed by atoms with van der Waals surface area (Å²) < 4.78 is 0. The van der Waals surface area contributed by atoms with Crippen LogP contribution >= 0.6 is 0 Å². The number of nitrogens with zero attached hydrogens (tertiary/aromatic N) is 2. The van der Waals surface area contributed by atoms with Crippen molar-refractivity contribution in [3.63, 3.8) is 0 Å². The highest BCUT2D eigenvalue weighted by molar-refractivity contribution is 5.92. The minimum Gasteiger partial charge on any atom is -0.336 e. The zero-order valence-corrected chi connectivity index (χ0v) is 10.6. The summed E-state index contributed by atoms with van der Waals surface area (Å²) in [6, 6.07) is 5.50. The number of nitrogens with two attached hydrogens (primary N) is 1. The van der Waals surface area contributed by atoms with Crippen molar-refractivity contribution in [2.24, 2.45) is 5.73 Å². The Hall–Kier alpha value is -1.42. The summed E-state index contributed by atoms with van der Waals surface area (Å²) in [5.74, 6) is -0.0207. The van der Waals surface area contributed by atoms with Crippen molar-refractivity contribution in [2.75, 3.05) is 19.6 Å². The van der Waals surface area contributed by atoms with E-state index in [-0.39, 0.29) is 5.91 Å². The van der Waals surface area contributed by atoms with Crippen molar-refractivity contribution < 1.29 is 4.79 Å². The third-order valence-electron chi connectivity index (χ3n) is 2.58. The molecule has 1 heterocycles. The van der Waals surface area contributed by atoms with Crippen LogP contribution in [-0.2, 0) is 0 Å². The van der Waals surface area contributed by atoms with Crippen LogP contribution in [0.1, 0.15) is 35.9 Å². The molecule has 4 nitrogen and oxygen atoms in total. The van der Waals surface area contributed by atoms with Gasteiger partial charge in [0.2, 0.25) is 0 Å². The standard InChI is InChI=1S/C13H21N3O/c1-3-4-9-16(10-8-14)13(17)12-7-5-6-11(2)15-12/h5-7H,3-4,8-10,14H2,1-2H3. The summed E-state index contributed by atoms with van der Waals surface area (Å²) in [6.07, 6.45) is 2.06. The Balaban J connectivity index is 2.76. The number of carbonyl (C=O) groups excluding carboxylic acids is 1. The second-order valence-corrected chi connectivity index (χ2v) is 4.10. The molecule has 1 aromatic heterocycles. The van der Waals surface area contributed by atoms with Gasteiger partial charge in [-0.15, -0.1) is 0 Å². The lowest BCUT2D eigenvalue weighted by Gasteiger charge is -2.21. The predicted molar refractivity (Wildman–Crippen MR) is 68.8 cm³/mol. The lowest BCUT2D eigenvalue weighted by molar-refractivity contribution is 0.0752. The second kappa shape index (κ2) is 7.01. The zero-order chi connectivity index (χ0) is 12.7. The van der Waals surface area contributed by atoms with E-state index in [1.807, 2.05) is 19.1 Å². The Kier molecular flexibility index (Phi) is 5.63. The van der Waals surface area contributed by atoms with Crippen LogP contribution in [0, 0.1) is 6.92 Å². The highest BCUT2D eigenvalue weighted by Gasteiger charge is 2.15. The van der Waals surface area contributed by atoms with Gasteiger partial charge in [0.1, 0.15) is 5.69 Å². The van der Waals surface area contributed by atoms with Crippen LogP contribution < -0.4 is 5.73 Å². The van der Waals surface area contributed by atoms with Crippen LogP contribution in [0.4, 0.5) is 0 Å². The third-order valence-corrected chi connectivity index (χ3v) is 2.58. The molecule has 0 aromatic carbocycles. The van der Waals surface area contributed by atoms with E-state index < -0.39 is 0 Å². The van der Waals surface area contributed by atoms with Crippen LogP contribution in [0.15, 0.2) is 18.2 Å². The summed E-state index contributed by atoms with van der Waals surface area (Å²) >= 11 is 0. The van der Waals surface area contributed by atoms with E-state index in [0.29, 0.717) is 18.8 Å². The first-order valence-corrected chi connectivity index (χ1v) is 6.12. The topological polar surface area (TPSA) is 59.2 Å². The van der Waals surface area contributed by atoms with Gasteiger partial charge in [0.25, 0.3) is 5.91 Å². The highest BCUT2D eigenvalue weighted by Crippen LogP contribution is 2.05. The Morgan fingerprint density at radius 2 is 2.18 bits per heavy atom. The number of rotatable bonds is 6. The summed E-state index contributed by atoms with van der Waals surface area (Å²) in [5, 5.41) is 0.